The number of hydrogen-bond donors (Lipinski definition) is 2. The van der Waals surface area contributed by atoms with Gasteiger partial charge in [-0.25, -0.2) is 9.78 Å². The van der Waals surface area contributed by atoms with Crippen LogP contribution in [0.2, 0.25) is 0 Å². The van der Waals surface area contributed by atoms with E-state index in [-0.39, 0.29) is 17.4 Å². The van der Waals surface area contributed by atoms with Gasteiger partial charge in [-0.05, 0) is 37.3 Å². The summed E-state index contributed by atoms with van der Waals surface area (Å²) in [5.41, 5.74) is 0.560. The van der Waals surface area contributed by atoms with Gasteiger partial charge in [0, 0.05) is 12.6 Å². The van der Waals surface area contributed by atoms with Gasteiger partial charge in [-0.15, -0.1) is 0 Å². The highest BCUT2D eigenvalue weighted by molar-refractivity contribution is 7.99. The number of para-hydroxylation sites is 1. The van der Waals surface area contributed by atoms with E-state index in [0.29, 0.717) is 34.4 Å². The molecule has 2 N–H and O–H groups in total. The molecule has 0 unspecified atom stereocenters. The third-order valence-electron chi connectivity index (χ3n) is 5.69. The second-order valence-electron chi connectivity index (χ2n) is 7.62. The molecule has 1 aromatic carbocycles. The summed E-state index contributed by atoms with van der Waals surface area (Å²) in [6.45, 7) is 6.63. The Kier molecular flexibility index (Phi) is 6.95. The number of urea groups is 1. The van der Waals surface area contributed by atoms with Gasteiger partial charge in [0.1, 0.15) is 0 Å². The summed E-state index contributed by atoms with van der Waals surface area (Å²) < 4.78 is 1.78. The Hall–Kier alpha value is -2.35. The summed E-state index contributed by atoms with van der Waals surface area (Å²) in [7, 11) is 0. The molecule has 29 heavy (non-hydrogen) atoms. The number of fused-ring (bicyclic) bond motifs is 1. The summed E-state index contributed by atoms with van der Waals surface area (Å²) >= 11 is 1.20. The Labute approximate surface area is 174 Å². The number of carbonyl (C=O) groups excluding carboxylic acids is 2. The van der Waals surface area contributed by atoms with Crippen molar-refractivity contribution >= 4 is 34.6 Å². The fourth-order valence-corrected chi connectivity index (χ4v) is 4.79. The molecule has 1 aromatic heterocycles. The lowest BCUT2D eigenvalue weighted by atomic mass is 9.78. The molecule has 8 heteroatoms. The van der Waals surface area contributed by atoms with Crippen molar-refractivity contribution < 1.29 is 9.59 Å². The second-order valence-corrected chi connectivity index (χ2v) is 8.56. The van der Waals surface area contributed by atoms with E-state index in [2.05, 4.69) is 24.5 Å². The Morgan fingerprint density at radius 2 is 2.00 bits per heavy atom. The van der Waals surface area contributed by atoms with Crippen molar-refractivity contribution in [2.45, 2.75) is 51.2 Å². The predicted octanol–water partition coefficient (Wildman–Crippen LogP) is 3.33. The maximum Gasteiger partial charge on any atom is 0.321 e. The number of aromatic nitrogens is 2. The first-order valence-electron chi connectivity index (χ1n) is 10.1. The predicted molar refractivity (Wildman–Crippen MR) is 115 cm³/mol. The van der Waals surface area contributed by atoms with Crippen LogP contribution >= 0.6 is 11.8 Å². The maximum absolute atomic E-state index is 13.4. The lowest BCUT2D eigenvalue weighted by Gasteiger charge is -2.36. The molecular weight excluding hydrogens is 388 g/mol. The number of rotatable bonds is 5. The quantitative estimate of drug-likeness (QED) is 0.576. The molecule has 1 heterocycles. The van der Waals surface area contributed by atoms with Crippen molar-refractivity contribution in [2.24, 2.45) is 11.8 Å². The highest BCUT2D eigenvalue weighted by Gasteiger charge is 2.31. The lowest BCUT2D eigenvalue weighted by molar-refractivity contribution is -0.117. The maximum atomic E-state index is 13.4. The minimum absolute atomic E-state index is 0.0125. The normalized spacial score (nSPS) is 21.7. The zero-order valence-corrected chi connectivity index (χ0v) is 17.9. The zero-order chi connectivity index (χ0) is 21.0. The number of thioether (sulfide) groups is 1. The van der Waals surface area contributed by atoms with E-state index in [9.17, 15) is 14.4 Å². The zero-order valence-electron chi connectivity index (χ0n) is 17.1. The molecule has 0 aliphatic heterocycles. The van der Waals surface area contributed by atoms with E-state index >= 15 is 0 Å². The average molecular weight is 417 g/mol. The number of benzene rings is 1. The van der Waals surface area contributed by atoms with Crippen molar-refractivity contribution in [2.75, 3.05) is 12.3 Å². The van der Waals surface area contributed by atoms with Gasteiger partial charge < -0.3 is 5.32 Å². The molecule has 2 aromatic rings. The van der Waals surface area contributed by atoms with E-state index in [1.54, 1.807) is 17.6 Å². The first kappa shape index (κ1) is 21.4. The standard InChI is InChI=1S/C21H28N4O3S/c1-4-22-20(28)24-18(26)12-29-21-23-16-10-6-5-9-15(16)19(27)25(21)17-11-7-8-13(2)14(17)3/h5-6,9-10,13-14,17H,4,7-8,11-12H2,1-3H3,(H2,22,24,26,28)/t13-,14-,17+/m0/s1. The van der Waals surface area contributed by atoms with E-state index < -0.39 is 11.9 Å². The molecule has 1 aliphatic rings. The van der Waals surface area contributed by atoms with Crippen LogP contribution in [0.4, 0.5) is 4.79 Å². The second kappa shape index (κ2) is 9.43. The number of nitrogens with one attached hydrogen (secondary N) is 2. The molecule has 3 atom stereocenters. The number of amides is 3. The van der Waals surface area contributed by atoms with Crippen LogP contribution in [0, 0.1) is 11.8 Å². The molecule has 156 valence electrons. The number of nitrogens with zero attached hydrogens (tertiary/aromatic N) is 2. The Morgan fingerprint density at radius 1 is 1.24 bits per heavy atom. The monoisotopic (exact) mass is 416 g/mol. The van der Waals surface area contributed by atoms with E-state index in [1.165, 1.54) is 11.8 Å². The Bertz CT molecular complexity index is 959. The van der Waals surface area contributed by atoms with Gasteiger partial charge in [-0.1, -0.05) is 50.6 Å². The van der Waals surface area contributed by atoms with Gasteiger partial charge in [0.2, 0.25) is 5.91 Å². The molecule has 3 rings (SSSR count). The molecule has 1 saturated carbocycles. The summed E-state index contributed by atoms with van der Waals surface area (Å²) in [6.07, 6.45) is 3.15. The molecule has 0 bridgehead atoms. The minimum Gasteiger partial charge on any atom is -0.338 e. The van der Waals surface area contributed by atoms with Gasteiger partial charge in [0.25, 0.3) is 5.56 Å². The van der Waals surface area contributed by atoms with Crippen LogP contribution in [0.1, 0.15) is 46.1 Å². The number of hydrogen-bond acceptors (Lipinski definition) is 5. The fraction of sp³-hybridized carbons (Fsp3) is 0.524. The third-order valence-corrected chi connectivity index (χ3v) is 6.65. The highest BCUT2D eigenvalue weighted by Crippen LogP contribution is 2.38. The van der Waals surface area contributed by atoms with Crippen LogP contribution in [0.25, 0.3) is 10.9 Å². The van der Waals surface area contributed by atoms with Crippen molar-refractivity contribution in [3.05, 3.63) is 34.6 Å². The highest BCUT2D eigenvalue weighted by atomic mass is 32.2. The van der Waals surface area contributed by atoms with E-state index in [4.69, 9.17) is 4.98 Å². The topological polar surface area (TPSA) is 93.1 Å². The van der Waals surface area contributed by atoms with Gasteiger partial charge in [0.05, 0.1) is 16.7 Å². The first-order valence-corrected chi connectivity index (χ1v) is 11.1. The molecule has 1 aliphatic carbocycles. The molecule has 0 saturated heterocycles. The largest absolute Gasteiger partial charge is 0.338 e. The smallest absolute Gasteiger partial charge is 0.321 e. The van der Waals surface area contributed by atoms with Gasteiger partial charge in [0.15, 0.2) is 5.16 Å². The van der Waals surface area contributed by atoms with Crippen molar-refractivity contribution in [1.29, 1.82) is 0 Å². The molecule has 1 fully saturated rings. The minimum atomic E-state index is -0.517. The summed E-state index contributed by atoms with van der Waals surface area (Å²) in [5, 5.41) is 5.95. The summed E-state index contributed by atoms with van der Waals surface area (Å²) in [4.78, 5) is 41.8. The third kappa shape index (κ3) is 4.80. The number of carbonyl (C=O) groups is 2. The molecule has 3 amide bonds. The fourth-order valence-electron chi connectivity index (χ4n) is 3.94. The number of imide groups is 1. The van der Waals surface area contributed by atoms with Crippen LogP contribution < -0.4 is 16.2 Å². The molecule has 7 nitrogen and oxygen atoms in total. The van der Waals surface area contributed by atoms with Crippen LogP contribution in [-0.2, 0) is 4.79 Å². The van der Waals surface area contributed by atoms with Crippen molar-refractivity contribution in [3.63, 3.8) is 0 Å². The average Bonchev–Trinajstić information content (AvgIpc) is 2.69. The Morgan fingerprint density at radius 3 is 2.76 bits per heavy atom. The van der Waals surface area contributed by atoms with Gasteiger partial charge in [-0.3, -0.25) is 19.5 Å². The molecule has 0 spiro atoms. The molecular formula is C21H28N4O3S. The van der Waals surface area contributed by atoms with Crippen LogP contribution in [-0.4, -0.2) is 33.8 Å². The summed E-state index contributed by atoms with van der Waals surface area (Å²) in [6, 6.07) is 6.84. The van der Waals surface area contributed by atoms with Crippen LogP contribution in [0.5, 0.6) is 0 Å². The summed E-state index contributed by atoms with van der Waals surface area (Å²) in [5.74, 6) is 0.456. The van der Waals surface area contributed by atoms with Crippen LogP contribution in [0.3, 0.4) is 0 Å². The molecule has 0 radical (unpaired) electrons. The van der Waals surface area contributed by atoms with Crippen LogP contribution in [0.15, 0.2) is 34.2 Å². The first-order chi connectivity index (χ1) is 13.9. The Balaban J connectivity index is 1.93. The van der Waals surface area contributed by atoms with Crippen molar-refractivity contribution in [3.8, 4) is 0 Å². The van der Waals surface area contributed by atoms with E-state index in [1.807, 2.05) is 18.2 Å². The van der Waals surface area contributed by atoms with Gasteiger partial charge >= 0.3 is 6.03 Å². The lowest BCUT2D eigenvalue weighted by Crippen LogP contribution is -2.40. The van der Waals surface area contributed by atoms with Crippen molar-refractivity contribution in [1.82, 2.24) is 20.2 Å². The van der Waals surface area contributed by atoms with E-state index in [0.717, 1.165) is 19.3 Å². The van der Waals surface area contributed by atoms with Gasteiger partial charge in [-0.2, -0.15) is 0 Å². The SMILES string of the molecule is CCNC(=O)NC(=O)CSc1nc2ccccc2c(=O)n1[C@@H]1CCC[C@H](C)[C@@H]1C.